The number of para-hydroxylation sites is 1. The number of aromatic nitrogens is 4. The zero-order chi connectivity index (χ0) is 18.1. The number of aryl methyl sites for hydroxylation is 1. The molecule has 0 spiro atoms. The molecule has 0 saturated heterocycles. The summed E-state index contributed by atoms with van der Waals surface area (Å²) in [4.78, 5) is 33.5. The summed E-state index contributed by atoms with van der Waals surface area (Å²) in [5.41, 5.74) is 1.03. The number of fused-ring (bicyclic) bond motifs is 2. The van der Waals surface area contributed by atoms with Crippen LogP contribution in [0, 0.1) is 0 Å². The van der Waals surface area contributed by atoms with Crippen molar-refractivity contribution < 1.29 is 9.53 Å². The number of ether oxygens (including phenoxy) is 1. The predicted molar refractivity (Wildman–Crippen MR) is 97.4 cm³/mol. The van der Waals surface area contributed by atoms with E-state index in [9.17, 15) is 9.59 Å². The Morgan fingerprint density at radius 3 is 2.88 bits per heavy atom. The van der Waals surface area contributed by atoms with E-state index in [1.165, 1.54) is 21.9 Å². The van der Waals surface area contributed by atoms with Gasteiger partial charge in [-0.1, -0.05) is 42.5 Å². The van der Waals surface area contributed by atoms with Crippen molar-refractivity contribution in [2.24, 2.45) is 0 Å². The van der Waals surface area contributed by atoms with Crippen LogP contribution in [-0.4, -0.2) is 25.6 Å². The monoisotopic (exact) mass is 366 g/mol. The van der Waals surface area contributed by atoms with E-state index < -0.39 is 5.97 Å². The highest BCUT2D eigenvalue weighted by Gasteiger charge is 2.13. The molecule has 0 radical (unpaired) electrons. The van der Waals surface area contributed by atoms with Crippen molar-refractivity contribution in [3.63, 3.8) is 0 Å². The Morgan fingerprint density at radius 1 is 1.19 bits per heavy atom. The van der Waals surface area contributed by atoms with Gasteiger partial charge in [-0.25, -0.2) is 14.8 Å². The molecule has 0 aliphatic heterocycles. The molecule has 4 aromatic rings. The van der Waals surface area contributed by atoms with E-state index in [1.807, 2.05) is 37.3 Å². The maximum Gasteiger partial charge on any atom is 0.357 e. The Bertz CT molecular complexity index is 1180. The third kappa shape index (κ3) is 3.06. The largest absolute Gasteiger partial charge is 0.454 e. The topological polar surface area (TPSA) is 86.5 Å². The molecule has 130 valence electrons. The van der Waals surface area contributed by atoms with E-state index in [4.69, 9.17) is 4.74 Å². The van der Waals surface area contributed by atoms with E-state index in [2.05, 4.69) is 15.1 Å². The first kappa shape index (κ1) is 16.3. The number of carbonyl (C=O) groups is 1. The lowest BCUT2D eigenvalue weighted by molar-refractivity contribution is 0.0461. The predicted octanol–water partition coefficient (Wildman–Crippen LogP) is 2.62. The van der Waals surface area contributed by atoms with Gasteiger partial charge in [-0.3, -0.25) is 4.79 Å². The van der Waals surface area contributed by atoms with Crippen LogP contribution in [0.25, 0.3) is 15.9 Å². The zero-order valence-corrected chi connectivity index (χ0v) is 14.7. The molecule has 0 fully saturated rings. The van der Waals surface area contributed by atoms with Gasteiger partial charge in [-0.2, -0.15) is 9.61 Å². The number of hydrogen-bond donors (Lipinski definition) is 0. The van der Waals surface area contributed by atoms with E-state index in [0.29, 0.717) is 10.7 Å². The second-order valence-corrected chi connectivity index (χ2v) is 6.64. The van der Waals surface area contributed by atoms with Crippen LogP contribution in [-0.2, 0) is 17.8 Å². The fourth-order valence-corrected chi connectivity index (χ4v) is 3.36. The molecular weight excluding hydrogens is 352 g/mol. The van der Waals surface area contributed by atoms with Gasteiger partial charge in [0.05, 0.1) is 11.2 Å². The molecule has 0 unspecified atom stereocenters. The highest BCUT2D eigenvalue weighted by Crippen LogP contribution is 2.14. The highest BCUT2D eigenvalue weighted by molar-refractivity contribution is 7.16. The van der Waals surface area contributed by atoms with E-state index in [-0.39, 0.29) is 17.9 Å². The van der Waals surface area contributed by atoms with Gasteiger partial charge in [-0.15, -0.1) is 0 Å². The minimum absolute atomic E-state index is 0.0988. The van der Waals surface area contributed by atoms with Gasteiger partial charge >= 0.3 is 5.97 Å². The summed E-state index contributed by atoms with van der Waals surface area (Å²) in [6, 6.07) is 12.3. The third-order valence-electron chi connectivity index (χ3n) is 3.80. The maximum atomic E-state index is 12.3. The van der Waals surface area contributed by atoms with Gasteiger partial charge < -0.3 is 4.74 Å². The molecule has 0 amide bonds. The van der Waals surface area contributed by atoms with Crippen LogP contribution in [0.1, 0.15) is 28.1 Å². The number of benzene rings is 1. The fraction of sp³-hybridized carbons (Fsp3) is 0.167. The molecule has 3 heterocycles. The maximum absolute atomic E-state index is 12.3. The van der Waals surface area contributed by atoms with E-state index in [1.54, 1.807) is 6.07 Å². The molecule has 0 aliphatic rings. The Kier molecular flexibility index (Phi) is 4.18. The van der Waals surface area contributed by atoms with Crippen molar-refractivity contribution in [1.82, 2.24) is 19.6 Å². The summed E-state index contributed by atoms with van der Waals surface area (Å²) < 4.78 is 6.54. The van der Waals surface area contributed by atoms with Gasteiger partial charge in [0.15, 0.2) is 0 Å². The summed E-state index contributed by atoms with van der Waals surface area (Å²) in [5.74, 6) is -0.559. The Balaban J connectivity index is 1.54. The number of carbonyl (C=O) groups excluding carboxylic acids is 1. The standard InChI is InChI=1S/C18H14N4O3S/c1-2-15-21-22-16(23)9-12(19-18(22)26-15)10-25-17(24)14-8-7-11-5-3-4-6-13(11)20-14/h3-9H,2,10H2,1H3. The molecule has 1 aromatic carbocycles. The zero-order valence-electron chi connectivity index (χ0n) is 13.9. The SMILES string of the molecule is CCc1nn2c(=O)cc(COC(=O)c3ccc4ccccc4n3)nc2s1. The van der Waals surface area contributed by atoms with Crippen LogP contribution in [0.4, 0.5) is 0 Å². The lowest BCUT2D eigenvalue weighted by Crippen LogP contribution is -2.17. The first-order valence-corrected chi connectivity index (χ1v) is 8.87. The van der Waals surface area contributed by atoms with E-state index >= 15 is 0 Å². The summed E-state index contributed by atoms with van der Waals surface area (Å²) in [5, 5.41) is 5.95. The number of hydrogen-bond acceptors (Lipinski definition) is 7. The van der Waals surface area contributed by atoms with Crippen molar-refractivity contribution in [3.05, 3.63) is 69.2 Å². The van der Waals surface area contributed by atoms with Crippen molar-refractivity contribution in [2.75, 3.05) is 0 Å². The van der Waals surface area contributed by atoms with Gasteiger partial charge in [-0.05, 0) is 18.6 Å². The van der Waals surface area contributed by atoms with Gasteiger partial charge in [0.1, 0.15) is 17.3 Å². The molecule has 7 nitrogen and oxygen atoms in total. The van der Waals surface area contributed by atoms with Crippen molar-refractivity contribution >= 4 is 33.2 Å². The second-order valence-electron chi connectivity index (χ2n) is 5.59. The average Bonchev–Trinajstić information content (AvgIpc) is 3.09. The highest BCUT2D eigenvalue weighted by atomic mass is 32.1. The van der Waals surface area contributed by atoms with Crippen LogP contribution in [0.2, 0.25) is 0 Å². The minimum Gasteiger partial charge on any atom is -0.454 e. The molecule has 4 rings (SSSR count). The normalized spacial score (nSPS) is 11.1. The van der Waals surface area contributed by atoms with E-state index in [0.717, 1.165) is 22.3 Å². The summed E-state index contributed by atoms with van der Waals surface area (Å²) in [7, 11) is 0. The fourth-order valence-electron chi connectivity index (χ4n) is 2.51. The van der Waals surface area contributed by atoms with Crippen LogP contribution in [0.5, 0.6) is 0 Å². The van der Waals surface area contributed by atoms with Crippen LogP contribution < -0.4 is 5.56 Å². The van der Waals surface area contributed by atoms with Crippen LogP contribution in [0.15, 0.2) is 47.3 Å². The molecular formula is C18H14N4O3S. The smallest absolute Gasteiger partial charge is 0.357 e. The van der Waals surface area contributed by atoms with Crippen molar-refractivity contribution in [1.29, 1.82) is 0 Å². The number of esters is 1. The van der Waals surface area contributed by atoms with Crippen LogP contribution in [0.3, 0.4) is 0 Å². The summed E-state index contributed by atoms with van der Waals surface area (Å²) in [6.45, 7) is 1.86. The molecule has 0 N–H and O–H groups in total. The number of nitrogens with zero attached hydrogens (tertiary/aromatic N) is 4. The molecule has 0 bridgehead atoms. The quantitative estimate of drug-likeness (QED) is 0.516. The summed E-state index contributed by atoms with van der Waals surface area (Å²) >= 11 is 1.35. The molecule has 0 atom stereocenters. The van der Waals surface area contributed by atoms with Gasteiger partial charge in [0, 0.05) is 11.5 Å². The number of rotatable bonds is 4. The second kappa shape index (κ2) is 6.64. The minimum atomic E-state index is -0.559. The Morgan fingerprint density at radius 2 is 2.04 bits per heavy atom. The van der Waals surface area contributed by atoms with Crippen LogP contribution >= 0.6 is 11.3 Å². The molecule has 0 saturated carbocycles. The first-order chi connectivity index (χ1) is 12.6. The summed E-state index contributed by atoms with van der Waals surface area (Å²) in [6.07, 6.45) is 0.728. The Hall–Kier alpha value is -3.13. The number of pyridine rings is 1. The van der Waals surface area contributed by atoms with Crippen molar-refractivity contribution in [2.45, 2.75) is 20.0 Å². The molecule has 26 heavy (non-hydrogen) atoms. The molecule has 0 aliphatic carbocycles. The lowest BCUT2D eigenvalue weighted by Gasteiger charge is -2.05. The van der Waals surface area contributed by atoms with Crippen molar-refractivity contribution in [3.8, 4) is 0 Å². The Labute approximate surface area is 151 Å². The molecule has 3 aromatic heterocycles. The molecule has 8 heteroatoms. The van der Waals surface area contributed by atoms with Gasteiger partial charge in [0.25, 0.3) is 5.56 Å². The third-order valence-corrected chi connectivity index (χ3v) is 4.85. The van der Waals surface area contributed by atoms with Gasteiger partial charge in [0.2, 0.25) is 4.96 Å². The average molecular weight is 366 g/mol. The first-order valence-electron chi connectivity index (χ1n) is 8.05. The lowest BCUT2D eigenvalue weighted by atomic mass is 10.2.